The number of para-hydroxylation sites is 1. The van der Waals surface area contributed by atoms with Crippen LogP contribution in [0.25, 0.3) is 0 Å². The molecule has 1 amide bonds. The Morgan fingerprint density at radius 2 is 1.60 bits per heavy atom. The maximum atomic E-state index is 14.0. The van der Waals surface area contributed by atoms with Crippen LogP contribution in [0.3, 0.4) is 0 Å². The molecule has 3 aromatic carbocycles. The highest BCUT2D eigenvalue weighted by Gasteiger charge is 2.38. The van der Waals surface area contributed by atoms with Crippen molar-refractivity contribution in [3.8, 4) is 11.5 Å². The van der Waals surface area contributed by atoms with Crippen molar-refractivity contribution in [2.45, 2.75) is 44.6 Å². The van der Waals surface area contributed by atoms with Crippen molar-refractivity contribution in [2.24, 2.45) is 5.92 Å². The zero-order valence-corrected chi connectivity index (χ0v) is 31.8. The normalized spacial score (nSPS) is 18.4. The number of amides is 1. The summed E-state index contributed by atoms with van der Waals surface area (Å²) < 4.78 is 23.7. The Bertz CT molecular complexity index is 1890. The summed E-state index contributed by atoms with van der Waals surface area (Å²) in [7, 11) is 7.03. The summed E-state index contributed by atoms with van der Waals surface area (Å²) >= 11 is 12.9. The van der Waals surface area contributed by atoms with Crippen molar-refractivity contribution in [2.75, 3.05) is 52.8 Å². The van der Waals surface area contributed by atoms with E-state index >= 15 is 0 Å². The lowest BCUT2D eigenvalue weighted by Crippen LogP contribution is -2.53. The minimum absolute atomic E-state index is 0.0842. The Hall–Kier alpha value is -4.55. The molecule has 4 aromatic rings. The zero-order valence-electron chi connectivity index (χ0n) is 30.3. The number of hydrogen-bond acceptors (Lipinski definition) is 9. The summed E-state index contributed by atoms with van der Waals surface area (Å²) in [5, 5.41) is 12.2. The summed E-state index contributed by atoms with van der Waals surface area (Å²) in [6, 6.07) is 20.0. The van der Waals surface area contributed by atoms with Crippen LogP contribution in [0.5, 0.6) is 11.5 Å². The standard InChI is InChI=1S/C40H44Cl2N4O7/c1-43(2)22-30-7-5-6-8-34(30)46(40(48)53-38-25-44-17-15-27(38)16-18-44)21-26-9-11-28(12-10-26)39(47)52-36(20-31-32(41)23-45(49)24-33(31)42)29-13-14-35(50-3)37(19-29)51-4/h5-14,19,23-24,27,36,38H,15-18,20-22,25H2,1-4H3/t36-,38-/m0/s1. The van der Waals surface area contributed by atoms with Gasteiger partial charge in [-0.05, 0) is 93.0 Å². The number of halogens is 2. The SMILES string of the molecule is COc1ccc([C@H](Cc2c(Cl)c[n+]([O-])cc2Cl)OC(=O)c2ccc(CN(C(=O)O[C@H]3CN4CCC3CC4)c3ccccc3CN(C)C)cc2)cc1OC. The molecule has 3 saturated heterocycles. The molecule has 280 valence electrons. The highest BCUT2D eigenvalue weighted by molar-refractivity contribution is 6.35. The number of piperidine rings is 3. The van der Waals surface area contributed by atoms with Gasteiger partial charge in [0, 0.05) is 25.1 Å². The number of carbonyl (C=O) groups is 2. The molecule has 2 atom stereocenters. The lowest BCUT2D eigenvalue weighted by Gasteiger charge is -2.44. The van der Waals surface area contributed by atoms with Gasteiger partial charge in [-0.25, -0.2) is 9.59 Å². The van der Waals surface area contributed by atoms with Crippen molar-refractivity contribution in [1.29, 1.82) is 0 Å². The highest BCUT2D eigenvalue weighted by Crippen LogP contribution is 2.36. The number of ether oxygens (including phenoxy) is 4. The molecular formula is C40H44Cl2N4O7. The van der Waals surface area contributed by atoms with Crippen LogP contribution in [0.4, 0.5) is 10.5 Å². The lowest BCUT2D eigenvalue weighted by atomic mass is 9.86. The molecular weight excluding hydrogens is 719 g/mol. The van der Waals surface area contributed by atoms with E-state index in [1.54, 1.807) is 35.2 Å². The Morgan fingerprint density at radius 1 is 0.925 bits per heavy atom. The monoisotopic (exact) mass is 762 g/mol. The maximum absolute atomic E-state index is 14.0. The van der Waals surface area contributed by atoms with Gasteiger partial charge in [-0.3, -0.25) is 9.80 Å². The van der Waals surface area contributed by atoms with Gasteiger partial charge in [0.25, 0.3) is 0 Å². The third-order valence-corrected chi connectivity index (χ3v) is 10.5. The largest absolute Gasteiger partial charge is 0.619 e. The smallest absolute Gasteiger partial charge is 0.414 e. The molecule has 3 aliphatic rings. The molecule has 0 radical (unpaired) electrons. The highest BCUT2D eigenvalue weighted by atomic mass is 35.5. The third kappa shape index (κ3) is 9.16. The summed E-state index contributed by atoms with van der Waals surface area (Å²) in [6.07, 6.45) is 3.15. The first-order chi connectivity index (χ1) is 25.5. The molecule has 3 fully saturated rings. The fourth-order valence-corrected chi connectivity index (χ4v) is 7.65. The van der Waals surface area contributed by atoms with E-state index in [0.29, 0.717) is 45.4 Å². The van der Waals surface area contributed by atoms with E-state index < -0.39 is 18.2 Å². The van der Waals surface area contributed by atoms with Crippen LogP contribution in [0.1, 0.15) is 51.6 Å². The number of nitrogens with zero attached hydrogens (tertiary/aromatic N) is 4. The molecule has 0 spiro atoms. The molecule has 1 aromatic heterocycles. The lowest BCUT2D eigenvalue weighted by molar-refractivity contribution is -0.605. The number of pyridine rings is 1. The third-order valence-electron chi connectivity index (χ3n) is 9.84. The predicted molar refractivity (Wildman–Crippen MR) is 203 cm³/mol. The van der Waals surface area contributed by atoms with Gasteiger partial charge in [-0.2, -0.15) is 4.73 Å². The maximum Gasteiger partial charge on any atom is 0.414 e. The van der Waals surface area contributed by atoms with Crippen LogP contribution in [-0.2, 0) is 29.0 Å². The minimum Gasteiger partial charge on any atom is -0.619 e. The van der Waals surface area contributed by atoms with Gasteiger partial charge in [-0.15, -0.1) is 0 Å². The number of anilines is 1. The summed E-state index contributed by atoms with van der Waals surface area (Å²) in [5.41, 5.74) is 3.92. The average molecular weight is 764 g/mol. The molecule has 0 unspecified atom stereocenters. The van der Waals surface area contributed by atoms with Crippen molar-refractivity contribution in [3.05, 3.63) is 122 Å². The molecule has 0 N–H and O–H groups in total. The Balaban J connectivity index is 1.24. The van der Waals surface area contributed by atoms with E-state index in [4.69, 9.17) is 42.1 Å². The van der Waals surface area contributed by atoms with E-state index in [1.165, 1.54) is 26.6 Å². The van der Waals surface area contributed by atoms with Crippen LogP contribution in [-0.4, -0.2) is 75.9 Å². The Labute approximate surface area is 320 Å². The van der Waals surface area contributed by atoms with Crippen molar-refractivity contribution < 1.29 is 33.3 Å². The fraction of sp³-hybridized carbons (Fsp3) is 0.375. The number of esters is 1. The van der Waals surface area contributed by atoms with E-state index in [2.05, 4.69) is 9.80 Å². The van der Waals surface area contributed by atoms with Gasteiger partial charge in [0.15, 0.2) is 23.9 Å². The molecule has 3 aliphatic heterocycles. The van der Waals surface area contributed by atoms with Gasteiger partial charge < -0.3 is 29.1 Å². The molecule has 0 saturated carbocycles. The molecule has 0 aliphatic carbocycles. The topological polar surface area (TPSA) is 108 Å². The second-order valence-corrected chi connectivity index (χ2v) is 14.5. The Morgan fingerprint density at radius 3 is 2.23 bits per heavy atom. The fourth-order valence-electron chi connectivity index (χ4n) is 7.05. The summed E-state index contributed by atoms with van der Waals surface area (Å²) in [6.45, 7) is 3.73. The van der Waals surface area contributed by atoms with Gasteiger partial charge >= 0.3 is 12.1 Å². The first-order valence-electron chi connectivity index (χ1n) is 17.5. The van der Waals surface area contributed by atoms with E-state index in [0.717, 1.165) is 49.3 Å². The number of methoxy groups -OCH3 is 2. The summed E-state index contributed by atoms with van der Waals surface area (Å²) in [5.74, 6) is 0.731. The van der Waals surface area contributed by atoms with E-state index in [9.17, 15) is 14.8 Å². The van der Waals surface area contributed by atoms with E-state index in [-0.39, 0.29) is 29.1 Å². The van der Waals surface area contributed by atoms with Crippen molar-refractivity contribution in [3.63, 3.8) is 0 Å². The number of rotatable bonds is 13. The quantitative estimate of drug-likeness (QED) is 0.0802. The van der Waals surface area contributed by atoms with Crippen LogP contribution < -0.4 is 19.1 Å². The Kier molecular flexibility index (Phi) is 12.3. The number of hydrogen-bond donors (Lipinski definition) is 0. The minimum atomic E-state index is -0.857. The molecule has 53 heavy (non-hydrogen) atoms. The zero-order chi connectivity index (χ0) is 37.6. The first-order valence-corrected chi connectivity index (χ1v) is 18.3. The van der Waals surface area contributed by atoms with Gasteiger partial charge in [-0.1, -0.05) is 59.6 Å². The molecule has 2 bridgehead atoms. The van der Waals surface area contributed by atoms with Gasteiger partial charge in [0.05, 0.1) is 32.0 Å². The number of aromatic nitrogens is 1. The van der Waals surface area contributed by atoms with E-state index in [1.807, 2.05) is 50.5 Å². The van der Waals surface area contributed by atoms with Crippen LogP contribution >= 0.6 is 23.2 Å². The van der Waals surface area contributed by atoms with Gasteiger partial charge in [0.2, 0.25) is 0 Å². The van der Waals surface area contributed by atoms with Crippen LogP contribution in [0, 0.1) is 11.1 Å². The number of carbonyl (C=O) groups excluding carboxylic acids is 2. The molecule has 7 rings (SSSR count). The van der Waals surface area contributed by atoms with Crippen LogP contribution in [0.15, 0.2) is 79.1 Å². The predicted octanol–water partition coefficient (Wildman–Crippen LogP) is 7.08. The molecule has 11 nitrogen and oxygen atoms in total. The second kappa shape index (κ2) is 17.1. The van der Waals surface area contributed by atoms with Crippen molar-refractivity contribution in [1.82, 2.24) is 9.80 Å². The average Bonchev–Trinajstić information content (AvgIpc) is 3.15. The van der Waals surface area contributed by atoms with Crippen molar-refractivity contribution >= 4 is 41.0 Å². The first kappa shape index (κ1) is 38.2. The molecule has 4 heterocycles. The van der Waals surface area contributed by atoms with Gasteiger partial charge in [0.1, 0.15) is 22.3 Å². The molecule has 13 heteroatoms. The second-order valence-electron chi connectivity index (χ2n) is 13.7. The number of benzene rings is 3. The van der Waals surface area contributed by atoms with Crippen LogP contribution in [0.2, 0.25) is 10.0 Å². The number of fused-ring (bicyclic) bond motifs is 3. The summed E-state index contributed by atoms with van der Waals surface area (Å²) in [4.78, 5) is 33.8.